The van der Waals surface area contributed by atoms with Crippen LogP contribution in [0.25, 0.3) is 11.0 Å². The van der Waals surface area contributed by atoms with E-state index < -0.39 is 20.6 Å². The van der Waals surface area contributed by atoms with Crippen LogP contribution in [-0.2, 0) is 27.6 Å². The molecular formula is C20H26N2O4S. The number of carbonyl (C=O) groups is 1. The van der Waals surface area contributed by atoms with Gasteiger partial charge in [0.05, 0.1) is 15.9 Å². The number of imidazole rings is 1. The molecule has 7 heteroatoms. The molecule has 0 atom stereocenters. The van der Waals surface area contributed by atoms with Crippen molar-refractivity contribution in [3.8, 4) is 0 Å². The molecular weight excluding hydrogens is 364 g/mol. The Balaban J connectivity index is 1.80. The first-order chi connectivity index (χ1) is 12.5. The number of benzene rings is 1. The largest absolute Gasteiger partial charge is 0.480 e. The molecule has 0 amide bonds. The second kappa shape index (κ2) is 5.80. The fourth-order valence-corrected chi connectivity index (χ4v) is 5.47. The summed E-state index contributed by atoms with van der Waals surface area (Å²) in [7, 11) is -3.92. The number of hydrogen-bond acceptors (Lipinski definition) is 4. The molecule has 0 unspecified atom stereocenters. The minimum atomic E-state index is -3.92. The molecule has 27 heavy (non-hydrogen) atoms. The third-order valence-electron chi connectivity index (χ3n) is 5.54. The lowest BCUT2D eigenvalue weighted by Crippen LogP contribution is -2.32. The predicted octanol–water partition coefficient (Wildman–Crippen LogP) is 3.43. The zero-order valence-electron chi connectivity index (χ0n) is 16.0. The summed E-state index contributed by atoms with van der Waals surface area (Å²) in [5.41, 5.74) is 1.64. The fraction of sp³-hybridized carbons (Fsp3) is 0.600. The highest BCUT2D eigenvalue weighted by atomic mass is 32.2. The normalized spacial score (nSPS) is 19.4. The smallest absolute Gasteiger partial charge is 0.325 e. The van der Waals surface area contributed by atoms with Crippen LogP contribution in [0, 0.1) is 11.3 Å². The monoisotopic (exact) mass is 390 g/mol. The van der Waals surface area contributed by atoms with E-state index in [-0.39, 0.29) is 23.2 Å². The molecule has 2 aromatic rings. The molecule has 0 spiro atoms. The van der Waals surface area contributed by atoms with E-state index >= 15 is 0 Å². The number of fused-ring (bicyclic) bond motifs is 1. The van der Waals surface area contributed by atoms with Gasteiger partial charge in [-0.15, -0.1) is 0 Å². The SMILES string of the molecule is CC(C)(C)Cc1nc2cc(S(=O)(=O)C3(C(=O)O)CC3)ccc2n1CC1CC1. The van der Waals surface area contributed by atoms with E-state index in [9.17, 15) is 18.3 Å². The highest BCUT2D eigenvalue weighted by Gasteiger charge is 2.61. The highest BCUT2D eigenvalue weighted by molar-refractivity contribution is 7.94. The zero-order valence-corrected chi connectivity index (χ0v) is 16.8. The van der Waals surface area contributed by atoms with Gasteiger partial charge in [-0.25, -0.2) is 13.4 Å². The Kier molecular flexibility index (Phi) is 3.97. The maximum absolute atomic E-state index is 12.9. The molecule has 6 nitrogen and oxygen atoms in total. The quantitative estimate of drug-likeness (QED) is 0.816. The van der Waals surface area contributed by atoms with E-state index in [0.29, 0.717) is 11.4 Å². The molecule has 2 saturated carbocycles. The number of hydrogen-bond donors (Lipinski definition) is 1. The van der Waals surface area contributed by atoms with Crippen LogP contribution in [0.4, 0.5) is 0 Å². The van der Waals surface area contributed by atoms with Crippen LogP contribution in [0.1, 0.15) is 52.3 Å². The number of aromatic nitrogens is 2. The maximum atomic E-state index is 12.9. The van der Waals surface area contributed by atoms with Gasteiger partial charge in [-0.3, -0.25) is 4.79 Å². The topological polar surface area (TPSA) is 89.3 Å². The van der Waals surface area contributed by atoms with Crippen LogP contribution >= 0.6 is 0 Å². The average molecular weight is 391 g/mol. The summed E-state index contributed by atoms with van der Waals surface area (Å²) < 4.78 is 26.4. The second-order valence-electron chi connectivity index (χ2n) is 9.27. The van der Waals surface area contributed by atoms with Gasteiger partial charge in [-0.05, 0) is 55.2 Å². The molecule has 2 aliphatic rings. The van der Waals surface area contributed by atoms with Gasteiger partial charge < -0.3 is 9.67 Å². The number of aliphatic carboxylic acids is 1. The molecule has 1 aromatic heterocycles. The summed E-state index contributed by atoms with van der Waals surface area (Å²) in [4.78, 5) is 16.3. The molecule has 2 aliphatic carbocycles. The molecule has 146 valence electrons. The number of carboxylic acids is 1. The van der Waals surface area contributed by atoms with E-state index in [1.54, 1.807) is 18.2 Å². The summed E-state index contributed by atoms with van der Waals surface area (Å²) in [5, 5.41) is 9.40. The Labute approximate surface area is 159 Å². The van der Waals surface area contributed by atoms with Crippen molar-refractivity contribution < 1.29 is 18.3 Å². The minimum Gasteiger partial charge on any atom is -0.480 e. The van der Waals surface area contributed by atoms with Crippen LogP contribution in [0.2, 0.25) is 0 Å². The number of sulfone groups is 1. The number of rotatable bonds is 6. The fourth-order valence-electron chi connectivity index (χ4n) is 3.63. The van der Waals surface area contributed by atoms with Crippen molar-refractivity contribution in [3.05, 3.63) is 24.0 Å². The van der Waals surface area contributed by atoms with Crippen molar-refractivity contribution in [1.82, 2.24) is 9.55 Å². The molecule has 1 N–H and O–H groups in total. The van der Waals surface area contributed by atoms with Crippen molar-refractivity contribution in [2.45, 2.75) is 69.1 Å². The summed E-state index contributed by atoms with van der Waals surface area (Å²) >= 11 is 0. The Morgan fingerprint density at radius 2 is 1.96 bits per heavy atom. The van der Waals surface area contributed by atoms with E-state index in [1.165, 1.54) is 12.8 Å². The molecule has 4 rings (SSSR count). The lowest BCUT2D eigenvalue weighted by Gasteiger charge is -2.18. The summed E-state index contributed by atoms with van der Waals surface area (Å²) in [5.74, 6) is 0.389. The maximum Gasteiger partial charge on any atom is 0.325 e. The van der Waals surface area contributed by atoms with Gasteiger partial charge in [0.15, 0.2) is 14.6 Å². The van der Waals surface area contributed by atoms with Crippen LogP contribution in [0.5, 0.6) is 0 Å². The minimum absolute atomic E-state index is 0.0632. The van der Waals surface area contributed by atoms with E-state index in [2.05, 4.69) is 25.3 Å². The standard InChI is InChI=1S/C20H26N2O4S/c1-19(2,3)11-17-21-15-10-14(27(25,26)20(8-9-20)18(23)24)6-7-16(15)22(17)12-13-4-5-13/h6-7,10,13H,4-5,8-9,11-12H2,1-3H3,(H,23,24). The van der Waals surface area contributed by atoms with Crippen molar-refractivity contribution in [3.63, 3.8) is 0 Å². The Hall–Kier alpha value is -1.89. The summed E-state index contributed by atoms with van der Waals surface area (Å²) in [6.45, 7) is 7.39. The number of nitrogens with zero attached hydrogens (tertiary/aromatic N) is 2. The molecule has 0 bridgehead atoms. The Morgan fingerprint density at radius 1 is 1.30 bits per heavy atom. The third-order valence-corrected chi connectivity index (χ3v) is 8.03. The van der Waals surface area contributed by atoms with Gasteiger partial charge in [-0.1, -0.05) is 20.8 Å². The van der Waals surface area contributed by atoms with E-state index in [0.717, 1.165) is 24.3 Å². The zero-order chi connectivity index (χ0) is 19.6. The third kappa shape index (κ3) is 3.16. The molecule has 0 aliphatic heterocycles. The Morgan fingerprint density at radius 3 is 2.48 bits per heavy atom. The summed E-state index contributed by atoms with van der Waals surface area (Å²) in [6.07, 6.45) is 3.60. The average Bonchev–Trinajstić information content (AvgIpc) is 3.44. The van der Waals surface area contributed by atoms with Crippen LogP contribution in [0.3, 0.4) is 0 Å². The summed E-state index contributed by atoms with van der Waals surface area (Å²) in [6, 6.07) is 4.90. The van der Waals surface area contributed by atoms with E-state index in [4.69, 9.17) is 4.98 Å². The molecule has 0 radical (unpaired) electrons. The molecule has 2 fully saturated rings. The number of carboxylic acid groups (broad SMARTS) is 1. The van der Waals surface area contributed by atoms with Crippen molar-refractivity contribution in [2.75, 3.05) is 0 Å². The van der Waals surface area contributed by atoms with E-state index in [1.807, 2.05) is 0 Å². The first-order valence-electron chi connectivity index (χ1n) is 9.51. The van der Waals surface area contributed by atoms with Crippen molar-refractivity contribution in [1.29, 1.82) is 0 Å². The van der Waals surface area contributed by atoms with Gasteiger partial charge in [-0.2, -0.15) is 0 Å². The van der Waals surface area contributed by atoms with Crippen LogP contribution < -0.4 is 0 Å². The molecule has 1 aromatic carbocycles. The van der Waals surface area contributed by atoms with Crippen molar-refractivity contribution in [2.24, 2.45) is 11.3 Å². The second-order valence-corrected chi connectivity index (χ2v) is 11.5. The van der Waals surface area contributed by atoms with Crippen molar-refractivity contribution >= 4 is 26.8 Å². The highest BCUT2D eigenvalue weighted by Crippen LogP contribution is 2.47. The first-order valence-corrected chi connectivity index (χ1v) is 11.0. The van der Waals surface area contributed by atoms with Gasteiger partial charge >= 0.3 is 5.97 Å². The van der Waals surface area contributed by atoms with Gasteiger partial charge in [0.1, 0.15) is 5.82 Å². The van der Waals surface area contributed by atoms with Crippen LogP contribution in [0.15, 0.2) is 23.1 Å². The van der Waals surface area contributed by atoms with Gasteiger partial charge in [0.25, 0.3) is 0 Å². The Bertz CT molecular complexity index is 1020. The molecule has 0 saturated heterocycles. The van der Waals surface area contributed by atoms with Crippen LogP contribution in [-0.4, -0.2) is 33.8 Å². The predicted molar refractivity (Wildman–Crippen MR) is 102 cm³/mol. The van der Waals surface area contributed by atoms with Gasteiger partial charge in [0, 0.05) is 13.0 Å². The first kappa shape index (κ1) is 18.5. The lowest BCUT2D eigenvalue weighted by molar-refractivity contribution is -0.137. The van der Waals surface area contributed by atoms with Gasteiger partial charge in [0.2, 0.25) is 0 Å². The molecule has 1 heterocycles. The lowest BCUT2D eigenvalue weighted by atomic mass is 9.92.